The molecule has 2 heterocycles. The highest BCUT2D eigenvalue weighted by molar-refractivity contribution is 6.36. The molecule has 0 radical (unpaired) electrons. The van der Waals surface area contributed by atoms with Gasteiger partial charge in [0.2, 0.25) is 17.7 Å². The Morgan fingerprint density at radius 1 is 0.933 bits per heavy atom. The minimum atomic E-state index is -0.630. The van der Waals surface area contributed by atoms with Crippen molar-refractivity contribution in [2.24, 2.45) is 9.98 Å². The van der Waals surface area contributed by atoms with Gasteiger partial charge in [-0.3, -0.25) is 19.4 Å². The predicted molar refractivity (Wildman–Crippen MR) is 114 cm³/mol. The fourth-order valence-electron chi connectivity index (χ4n) is 3.01. The van der Waals surface area contributed by atoms with E-state index in [1.807, 2.05) is 0 Å². The van der Waals surface area contributed by atoms with Gasteiger partial charge in [0.25, 0.3) is 0 Å². The SMILES string of the molecule is CC(=O)N(C(C)=O)N(C(C)=O)C1=Nc2ccc(Cl)nc2C(c2ccccc2Cl)=NC1. The summed E-state index contributed by atoms with van der Waals surface area (Å²) in [5.41, 5.74) is 1.77. The summed E-state index contributed by atoms with van der Waals surface area (Å²) in [5, 5.41) is 2.32. The van der Waals surface area contributed by atoms with Crippen molar-refractivity contribution < 1.29 is 14.4 Å². The first-order chi connectivity index (χ1) is 14.2. The van der Waals surface area contributed by atoms with Crippen LogP contribution in [-0.2, 0) is 14.4 Å². The van der Waals surface area contributed by atoms with Gasteiger partial charge in [-0.1, -0.05) is 41.4 Å². The maximum absolute atomic E-state index is 12.4. The molecule has 0 spiro atoms. The second-order valence-electron chi connectivity index (χ2n) is 6.36. The number of hydrogen-bond acceptors (Lipinski definition) is 6. The van der Waals surface area contributed by atoms with E-state index in [0.717, 1.165) is 10.0 Å². The highest BCUT2D eigenvalue weighted by Crippen LogP contribution is 2.29. The van der Waals surface area contributed by atoms with Crippen molar-refractivity contribution in [3.8, 4) is 0 Å². The number of aromatic nitrogens is 1. The van der Waals surface area contributed by atoms with Gasteiger partial charge in [0.1, 0.15) is 10.8 Å². The van der Waals surface area contributed by atoms with E-state index in [1.165, 1.54) is 20.8 Å². The number of pyridine rings is 1. The molecule has 1 aromatic carbocycles. The second-order valence-corrected chi connectivity index (χ2v) is 7.15. The third-order valence-electron chi connectivity index (χ3n) is 4.16. The zero-order valence-corrected chi connectivity index (χ0v) is 17.9. The van der Waals surface area contributed by atoms with Gasteiger partial charge in [0.05, 0.1) is 23.0 Å². The number of aliphatic imine (C=N–C) groups is 2. The fourth-order valence-corrected chi connectivity index (χ4v) is 3.39. The Balaban J connectivity index is 2.21. The summed E-state index contributed by atoms with van der Waals surface area (Å²) in [7, 11) is 0. The molecule has 3 rings (SSSR count). The van der Waals surface area contributed by atoms with Crippen molar-refractivity contribution in [3.63, 3.8) is 0 Å². The topological polar surface area (TPSA) is 95.3 Å². The number of imide groups is 1. The second kappa shape index (κ2) is 8.73. The molecule has 0 fully saturated rings. The molecule has 1 aliphatic heterocycles. The summed E-state index contributed by atoms with van der Waals surface area (Å²) in [5.74, 6) is -1.75. The molecule has 0 atom stereocenters. The van der Waals surface area contributed by atoms with Crippen LogP contribution in [0.3, 0.4) is 0 Å². The van der Waals surface area contributed by atoms with Gasteiger partial charge in [-0.25, -0.2) is 9.98 Å². The monoisotopic (exact) mass is 445 g/mol. The molecular formula is C20H17Cl2N5O3. The number of hydrogen-bond donors (Lipinski definition) is 0. The van der Waals surface area contributed by atoms with E-state index in [4.69, 9.17) is 23.2 Å². The molecule has 154 valence electrons. The van der Waals surface area contributed by atoms with Crippen LogP contribution >= 0.6 is 23.2 Å². The summed E-state index contributed by atoms with van der Waals surface area (Å²) >= 11 is 12.5. The third kappa shape index (κ3) is 4.24. The van der Waals surface area contributed by atoms with Gasteiger partial charge in [-0.2, -0.15) is 10.0 Å². The number of benzene rings is 1. The van der Waals surface area contributed by atoms with Gasteiger partial charge in [-0.15, -0.1) is 0 Å². The number of carbonyl (C=O) groups excluding carboxylic acids is 3. The number of carbonyl (C=O) groups is 3. The van der Waals surface area contributed by atoms with Crippen molar-refractivity contribution in [1.82, 2.24) is 15.0 Å². The molecular weight excluding hydrogens is 429 g/mol. The average molecular weight is 446 g/mol. The Morgan fingerprint density at radius 2 is 1.60 bits per heavy atom. The van der Waals surface area contributed by atoms with Crippen molar-refractivity contribution >= 4 is 58.2 Å². The molecule has 0 aliphatic carbocycles. The van der Waals surface area contributed by atoms with Gasteiger partial charge >= 0.3 is 0 Å². The first-order valence-corrected chi connectivity index (χ1v) is 9.62. The smallest absolute Gasteiger partial charge is 0.245 e. The molecule has 3 amide bonds. The summed E-state index contributed by atoms with van der Waals surface area (Å²) in [6, 6.07) is 10.2. The lowest BCUT2D eigenvalue weighted by Crippen LogP contribution is -2.54. The lowest BCUT2D eigenvalue weighted by atomic mass is 10.1. The van der Waals surface area contributed by atoms with E-state index in [1.54, 1.807) is 36.4 Å². The maximum atomic E-state index is 12.4. The summed E-state index contributed by atoms with van der Waals surface area (Å²) in [6.07, 6.45) is 0. The average Bonchev–Trinajstić information content (AvgIpc) is 2.84. The van der Waals surface area contributed by atoms with E-state index in [9.17, 15) is 14.4 Å². The zero-order valence-electron chi connectivity index (χ0n) is 16.4. The Bertz CT molecular complexity index is 1100. The largest absolute Gasteiger partial charge is 0.274 e. The van der Waals surface area contributed by atoms with Crippen LogP contribution in [0.4, 0.5) is 5.69 Å². The molecule has 8 nitrogen and oxygen atoms in total. The van der Waals surface area contributed by atoms with E-state index < -0.39 is 17.7 Å². The van der Waals surface area contributed by atoms with Gasteiger partial charge in [0, 0.05) is 26.3 Å². The number of fused-ring (bicyclic) bond motifs is 1. The number of amidine groups is 1. The molecule has 2 aromatic rings. The van der Waals surface area contributed by atoms with Crippen molar-refractivity contribution in [2.45, 2.75) is 20.8 Å². The van der Waals surface area contributed by atoms with Crippen LogP contribution in [0.5, 0.6) is 0 Å². The molecule has 30 heavy (non-hydrogen) atoms. The Labute approximate surface area is 182 Å². The maximum Gasteiger partial charge on any atom is 0.245 e. The van der Waals surface area contributed by atoms with E-state index in [2.05, 4.69) is 15.0 Å². The van der Waals surface area contributed by atoms with Crippen LogP contribution in [0, 0.1) is 0 Å². The Kier molecular flexibility index (Phi) is 6.28. The van der Waals surface area contributed by atoms with Crippen LogP contribution in [-0.4, -0.2) is 50.8 Å². The standard InChI is InChI=1S/C20H17Cl2N5O3/c1-11(28)26(12(2)29)27(13(3)30)18-10-23-19(14-6-4-5-7-15(14)21)20-16(24-18)8-9-17(22)25-20/h4-9H,10H2,1-3H3. The quantitative estimate of drug-likeness (QED) is 0.496. The van der Waals surface area contributed by atoms with Crippen molar-refractivity contribution in [1.29, 1.82) is 0 Å². The molecule has 0 saturated carbocycles. The molecule has 0 N–H and O–H groups in total. The number of halogens is 2. The van der Waals surface area contributed by atoms with Crippen LogP contribution in [0.2, 0.25) is 10.2 Å². The zero-order chi connectivity index (χ0) is 22.0. The molecule has 0 bridgehead atoms. The van der Waals surface area contributed by atoms with E-state index in [0.29, 0.717) is 27.7 Å². The predicted octanol–water partition coefficient (Wildman–Crippen LogP) is 3.43. The minimum Gasteiger partial charge on any atom is -0.274 e. The first kappa shape index (κ1) is 21.6. The van der Waals surface area contributed by atoms with E-state index in [-0.39, 0.29) is 17.5 Å². The first-order valence-electron chi connectivity index (χ1n) is 8.86. The van der Waals surface area contributed by atoms with Crippen LogP contribution < -0.4 is 0 Å². The summed E-state index contributed by atoms with van der Waals surface area (Å²) in [6.45, 7) is 3.49. The van der Waals surface area contributed by atoms with Crippen molar-refractivity contribution in [2.75, 3.05) is 6.54 Å². The van der Waals surface area contributed by atoms with Gasteiger partial charge < -0.3 is 0 Å². The molecule has 0 unspecified atom stereocenters. The number of hydrazine groups is 1. The highest BCUT2D eigenvalue weighted by atomic mass is 35.5. The minimum absolute atomic E-state index is 0.0836. The summed E-state index contributed by atoms with van der Waals surface area (Å²) in [4.78, 5) is 49.9. The fraction of sp³-hybridized carbons (Fsp3) is 0.200. The number of amides is 3. The van der Waals surface area contributed by atoms with Crippen LogP contribution in [0.15, 0.2) is 46.4 Å². The van der Waals surface area contributed by atoms with Crippen LogP contribution in [0.1, 0.15) is 32.0 Å². The molecule has 10 heteroatoms. The Hall–Kier alpha value is -3.10. The number of nitrogens with zero attached hydrogens (tertiary/aromatic N) is 5. The normalized spacial score (nSPS) is 12.8. The summed E-state index contributed by atoms with van der Waals surface area (Å²) < 4.78 is 0. The molecule has 1 aromatic heterocycles. The number of rotatable bonds is 1. The third-order valence-corrected chi connectivity index (χ3v) is 4.70. The van der Waals surface area contributed by atoms with Crippen molar-refractivity contribution in [3.05, 3.63) is 57.8 Å². The lowest BCUT2D eigenvalue weighted by Gasteiger charge is -2.30. The molecule has 1 aliphatic rings. The van der Waals surface area contributed by atoms with E-state index >= 15 is 0 Å². The molecule has 0 saturated heterocycles. The highest BCUT2D eigenvalue weighted by Gasteiger charge is 2.31. The lowest BCUT2D eigenvalue weighted by molar-refractivity contribution is -0.162. The van der Waals surface area contributed by atoms with Gasteiger partial charge in [0.15, 0.2) is 5.84 Å². The Morgan fingerprint density at radius 3 is 2.20 bits per heavy atom. The van der Waals surface area contributed by atoms with Crippen LogP contribution in [0.25, 0.3) is 0 Å². The van der Waals surface area contributed by atoms with Gasteiger partial charge in [-0.05, 0) is 18.2 Å².